The number of ether oxygens (including phenoxy) is 1. The summed E-state index contributed by atoms with van der Waals surface area (Å²) < 4.78 is 11.2. The van der Waals surface area contributed by atoms with Crippen LogP contribution in [0.5, 0.6) is 0 Å². The molecule has 1 aromatic carbocycles. The lowest BCUT2D eigenvalue weighted by Crippen LogP contribution is -2.41. The van der Waals surface area contributed by atoms with E-state index in [4.69, 9.17) is 9.15 Å². The van der Waals surface area contributed by atoms with Crippen LogP contribution in [-0.4, -0.2) is 31.1 Å². The molecule has 0 aliphatic carbocycles. The molecule has 0 aliphatic heterocycles. The number of benzene rings is 1. The fourth-order valence-electron chi connectivity index (χ4n) is 1.95. The number of rotatable bonds is 4. The first-order valence-corrected chi connectivity index (χ1v) is 7.65. The number of carbonyl (C=O) groups is 3. The summed E-state index contributed by atoms with van der Waals surface area (Å²) in [6, 6.07) is 4.70. The van der Waals surface area contributed by atoms with Gasteiger partial charge in [-0.2, -0.15) is 0 Å². The van der Waals surface area contributed by atoms with Crippen molar-refractivity contribution in [2.45, 2.75) is 13.8 Å². The molecule has 0 spiro atoms. The van der Waals surface area contributed by atoms with Crippen molar-refractivity contribution in [3.05, 3.63) is 34.0 Å². The molecule has 122 valence electrons. The molecule has 2 aromatic rings. The van der Waals surface area contributed by atoms with Gasteiger partial charge in [-0.05, 0) is 32.0 Å². The molecule has 2 N–H and O–H groups in total. The fraction of sp³-hybridized carbons (Fsp3) is 0.267. The Morgan fingerprint density at radius 3 is 2.74 bits per heavy atom. The molecule has 0 unspecified atom stereocenters. The highest BCUT2D eigenvalue weighted by Gasteiger charge is 2.20. The van der Waals surface area contributed by atoms with Crippen LogP contribution in [0.3, 0.4) is 0 Å². The Morgan fingerprint density at radius 2 is 2.04 bits per heavy atom. The first-order valence-electron chi connectivity index (χ1n) is 6.85. The predicted octanol–water partition coefficient (Wildman–Crippen LogP) is 2.51. The van der Waals surface area contributed by atoms with E-state index in [1.54, 1.807) is 26.0 Å². The summed E-state index contributed by atoms with van der Waals surface area (Å²) in [6.45, 7) is 3.25. The van der Waals surface area contributed by atoms with E-state index in [0.29, 0.717) is 17.7 Å². The van der Waals surface area contributed by atoms with Gasteiger partial charge < -0.3 is 14.5 Å². The minimum atomic E-state index is -0.763. The molecule has 0 aliphatic rings. The van der Waals surface area contributed by atoms with Crippen LogP contribution >= 0.6 is 15.9 Å². The molecule has 0 bridgehead atoms. The molecule has 0 saturated carbocycles. The van der Waals surface area contributed by atoms with Gasteiger partial charge in [0.2, 0.25) is 5.76 Å². The summed E-state index contributed by atoms with van der Waals surface area (Å²) in [5.41, 5.74) is 1.17. The highest BCUT2D eigenvalue weighted by atomic mass is 79.9. The average Bonchev–Trinajstić information content (AvgIpc) is 2.82. The van der Waals surface area contributed by atoms with E-state index >= 15 is 0 Å². The molecular formula is C15H15BrN2O5. The Hall–Kier alpha value is -2.35. The molecular weight excluding hydrogens is 368 g/mol. The maximum Gasteiger partial charge on any atom is 0.375 e. The number of amides is 3. The minimum absolute atomic E-state index is 0.0314. The fourth-order valence-corrected chi connectivity index (χ4v) is 2.31. The van der Waals surface area contributed by atoms with Gasteiger partial charge in [0.25, 0.3) is 5.91 Å². The van der Waals surface area contributed by atoms with Gasteiger partial charge in [-0.15, -0.1) is 0 Å². The lowest BCUT2D eigenvalue weighted by Gasteiger charge is -2.05. The number of hydrogen-bond acceptors (Lipinski definition) is 5. The second-order valence-corrected chi connectivity index (χ2v) is 5.60. The van der Waals surface area contributed by atoms with Crippen molar-refractivity contribution in [1.29, 1.82) is 0 Å². The SMILES string of the molecule is CCNC(=O)NC(=O)COC(=O)c1oc2ccc(Br)cc2c1C. The smallest absolute Gasteiger partial charge is 0.375 e. The molecule has 23 heavy (non-hydrogen) atoms. The second-order valence-electron chi connectivity index (χ2n) is 4.68. The zero-order valence-electron chi connectivity index (χ0n) is 12.6. The molecule has 7 nitrogen and oxygen atoms in total. The molecule has 0 radical (unpaired) electrons. The van der Waals surface area contributed by atoms with Crippen molar-refractivity contribution in [3.63, 3.8) is 0 Å². The number of aryl methyl sites for hydroxylation is 1. The van der Waals surface area contributed by atoms with Gasteiger partial charge in [-0.3, -0.25) is 10.1 Å². The Balaban J connectivity index is 2.02. The second kappa shape index (κ2) is 7.28. The van der Waals surface area contributed by atoms with Crippen molar-refractivity contribution in [3.8, 4) is 0 Å². The van der Waals surface area contributed by atoms with Gasteiger partial charge in [0, 0.05) is 22.0 Å². The Morgan fingerprint density at radius 1 is 1.30 bits per heavy atom. The van der Waals surface area contributed by atoms with E-state index in [2.05, 4.69) is 21.2 Å². The summed E-state index contributed by atoms with van der Waals surface area (Å²) in [6.07, 6.45) is 0. The van der Waals surface area contributed by atoms with Gasteiger partial charge in [0.15, 0.2) is 6.61 Å². The van der Waals surface area contributed by atoms with E-state index in [9.17, 15) is 14.4 Å². The van der Waals surface area contributed by atoms with Crippen molar-refractivity contribution in [2.75, 3.05) is 13.2 Å². The Labute approximate surface area is 140 Å². The first kappa shape index (κ1) is 17.0. The largest absolute Gasteiger partial charge is 0.450 e. The number of hydrogen-bond donors (Lipinski definition) is 2. The number of esters is 1. The number of fused-ring (bicyclic) bond motifs is 1. The van der Waals surface area contributed by atoms with Crippen LogP contribution in [0.2, 0.25) is 0 Å². The molecule has 0 atom stereocenters. The summed E-state index contributed by atoms with van der Waals surface area (Å²) in [4.78, 5) is 34.7. The third-order valence-electron chi connectivity index (χ3n) is 3.01. The van der Waals surface area contributed by atoms with E-state index in [1.807, 2.05) is 11.4 Å². The molecule has 1 aromatic heterocycles. The Kier molecular flexibility index (Phi) is 5.38. The average molecular weight is 383 g/mol. The summed E-state index contributed by atoms with van der Waals surface area (Å²) in [5.74, 6) is -1.45. The van der Waals surface area contributed by atoms with Gasteiger partial charge in [0.05, 0.1) is 0 Å². The predicted molar refractivity (Wildman–Crippen MR) is 86.1 cm³/mol. The topological polar surface area (TPSA) is 97.6 Å². The maximum atomic E-state index is 12.0. The lowest BCUT2D eigenvalue weighted by atomic mass is 10.1. The van der Waals surface area contributed by atoms with Crippen molar-refractivity contribution < 1.29 is 23.5 Å². The number of halogens is 1. The molecule has 0 saturated heterocycles. The summed E-state index contributed by atoms with van der Waals surface area (Å²) >= 11 is 3.35. The number of carbonyl (C=O) groups excluding carboxylic acids is 3. The third kappa shape index (κ3) is 4.10. The third-order valence-corrected chi connectivity index (χ3v) is 3.50. The number of urea groups is 1. The zero-order chi connectivity index (χ0) is 17.0. The van der Waals surface area contributed by atoms with Crippen LogP contribution < -0.4 is 10.6 Å². The van der Waals surface area contributed by atoms with Crippen molar-refractivity contribution in [2.24, 2.45) is 0 Å². The highest BCUT2D eigenvalue weighted by Crippen LogP contribution is 2.28. The van der Waals surface area contributed by atoms with E-state index < -0.39 is 24.5 Å². The van der Waals surface area contributed by atoms with E-state index in [0.717, 1.165) is 9.86 Å². The molecule has 0 fully saturated rings. The lowest BCUT2D eigenvalue weighted by molar-refractivity contribution is -0.123. The monoisotopic (exact) mass is 382 g/mol. The first-order chi connectivity index (χ1) is 10.9. The quantitative estimate of drug-likeness (QED) is 0.791. The van der Waals surface area contributed by atoms with Crippen molar-refractivity contribution in [1.82, 2.24) is 10.6 Å². The van der Waals surface area contributed by atoms with Crippen molar-refractivity contribution >= 4 is 44.8 Å². The standard InChI is InChI=1S/C15H15BrN2O5/c1-3-17-15(21)18-12(19)7-22-14(20)13-8(2)10-6-9(16)4-5-11(10)23-13/h4-6H,3,7H2,1-2H3,(H2,17,18,19,21). The summed E-state index contributed by atoms with van der Waals surface area (Å²) in [5, 5.41) is 5.20. The number of nitrogens with one attached hydrogen (secondary N) is 2. The van der Waals surface area contributed by atoms with Crippen LogP contribution in [0.25, 0.3) is 11.0 Å². The maximum absolute atomic E-state index is 12.0. The summed E-state index contributed by atoms with van der Waals surface area (Å²) in [7, 11) is 0. The minimum Gasteiger partial charge on any atom is -0.450 e. The van der Waals surface area contributed by atoms with E-state index in [-0.39, 0.29) is 5.76 Å². The zero-order valence-corrected chi connectivity index (χ0v) is 14.2. The van der Waals surface area contributed by atoms with Crippen LogP contribution in [0.15, 0.2) is 27.1 Å². The van der Waals surface area contributed by atoms with Crippen LogP contribution in [-0.2, 0) is 9.53 Å². The molecule has 1 heterocycles. The number of imide groups is 1. The molecule has 8 heteroatoms. The van der Waals surface area contributed by atoms with Gasteiger partial charge in [-0.25, -0.2) is 9.59 Å². The number of furan rings is 1. The normalized spacial score (nSPS) is 10.4. The van der Waals surface area contributed by atoms with Gasteiger partial charge in [-0.1, -0.05) is 15.9 Å². The van der Waals surface area contributed by atoms with Gasteiger partial charge >= 0.3 is 12.0 Å². The Bertz CT molecular complexity index is 769. The van der Waals surface area contributed by atoms with Crippen LogP contribution in [0.4, 0.5) is 4.79 Å². The van der Waals surface area contributed by atoms with Crippen LogP contribution in [0.1, 0.15) is 23.0 Å². The van der Waals surface area contributed by atoms with E-state index in [1.165, 1.54) is 0 Å². The molecule has 3 amide bonds. The highest BCUT2D eigenvalue weighted by molar-refractivity contribution is 9.10. The molecule has 2 rings (SSSR count). The van der Waals surface area contributed by atoms with Crippen LogP contribution in [0, 0.1) is 6.92 Å². The van der Waals surface area contributed by atoms with Gasteiger partial charge in [0.1, 0.15) is 5.58 Å².